The lowest BCUT2D eigenvalue weighted by molar-refractivity contribution is -0.131. The van der Waals surface area contributed by atoms with E-state index in [9.17, 15) is 4.79 Å². The second-order valence-electron chi connectivity index (χ2n) is 4.80. The second kappa shape index (κ2) is 5.89. The van der Waals surface area contributed by atoms with Crippen molar-refractivity contribution in [2.75, 3.05) is 14.2 Å². The highest BCUT2D eigenvalue weighted by Crippen LogP contribution is 2.19. The fourth-order valence-corrected chi connectivity index (χ4v) is 1.23. The van der Waals surface area contributed by atoms with Gasteiger partial charge in [0.2, 0.25) is 0 Å². The summed E-state index contributed by atoms with van der Waals surface area (Å²) in [5.41, 5.74) is -0.432. The average molecular weight is 229 g/mol. The maximum absolute atomic E-state index is 12.2. The Balaban J connectivity index is 4.81. The maximum Gasteiger partial charge on any atom is 0.179 e. The fourth-order valence-electron chi connectivity index (χ4n) is 1.23. The van der Waals surface area contributed by atoms with Crippen LogP contribution in [-0.2, 0) is 14.3 Å². The second-order valence-corrected chi connectivity index (χ2v) is 4.80. The van der Waals surface area contributed by atoms with Gasteiger partial charge >= 0.3 is 0 Å². The highest BCUT2D eigenvalue weighted by Gasteiger charge is 2.33. The lowest BCUT2D eigenvalue weighted by Crippen LogP contribution is -2.49. The monoisotopic (exact) mass is 229 g/mol. The molecule has 16 heavy (non-hydrogen) atoms. The van der Waals surface area contributed by atoms with Crippen molar-refractivity contribution in [2.45, 2.75) is 39.8 Å². The molecule has 1 N–H and O–H groups in total. The average Bonchev–Trinajstić information content (AvgIpc) is 2.22. The van der Waals surface area contributed by atoms with Gasteiger partial charge in [0.15, 0.2) is 11.7 Å². The molecule has 0 rings (SSSR count). The number of Topliss-reactive ketones (excluding diaryl/α,β-unsaturated/α-hetero) is 1. The molecular weight excluding hydrogens is 206 g/mol. The van der Waals surface area contributed by atoms with E-state index in [2.05, 4.69) is 11.9 Å². The molecule has 0 radical (unpaired) electrons. The molecule has 0 saturated heterocycles. The van der Waals surface area contributed by atoms with Gasteiger partial charge in [0.1, 0.15) is 6.04 Å². The van der Waals surface area contributed by atoms with Gasteiger partial charge in [-0.15, -0.1) is 0 Å². The first kappa shape index (κ1) is 15.0. The van der Waals surface area contributed by atoms with Crippen LogP contribution in [0, 0.1) is 5.41 Å². The molecule has 0 aliphatic heterocycles. The molecule has 4 nitrogen and oxygen atoms in total. The molecule has 0 aromatic carbocycles. The van der Waals surface area contributed by atoms with Crippen molar-refractivity contribution in [3.8, 4) is 0 Å². The third-order valence-corrected chi connectivity index (χ3v) is 2.43. The van der Waals surface area contributed by atoms with E-state index in [1.54, 1.807) is 7.11 Å². The third kappa shape index (κ3) is 4.23. The van der Waals surface area contributed by atoms with Gasteiger partial charge in [0.25, 0.3) is 0 Å². The molecule has 0 aliphatic carbocycles. The van der Waals surface area contributed by atoms with E-state index < -0.39 is 11.5 Å². The lowest BCUT2D eigenvalue weighted by atomic mass is 9.85. The molecule has 2 atom stereocenters. The summed E-state index contributed by atoms with van der Waals surface area (Å²) >= 11 is 0. The van der Waals surface area contributed by atoms with Crippen LogP contribution in [0.2, 0.25) is 0 Å². The van der Waals surface area contributed by atoms with E-state index in [1.165, 1.54) is 7.11 Å². The van der Waals surface area contributed by atoms with Gasteiger partial charge in [-0.3, -0.25) is 4.79 Å². The molecule has 0 amide bonds. The first-order chi connectivity index (χ1) is 7.23. The minimum absolute atomic E-state index is 0.0695. The summed E-state index contributed by atoms with van der Waals surface area (Å²) in [6.07, 6.45) is -0.237. The Morgan fingerprint density at radius 1 is 1.31 bits per heavy atom. The van der Waals surface area contributed by atoms with Crippen molar-refractivity contribution in [2.24, 2.45) is 5.41 Å². The Labute approximate surface area is 98.0 Å². The summed E-state index contributed by atoms with van der Waals surface area (Å²) in [4.78, 5) is 12.2. The van der Waals surface area contributed by atoms with Gasteiger partial charge in [-0.1, -0.05) is 20.8 Å². The molecular formula is C12H23NO3. The van der Waals surface area contributed by atoms with Gasteiger partial charge in [-0.05, 0) is 13.5 Å². The molecule has 0 fully saturated rings. The molecule has 0 spiro atoms. The van der Waals surface area contributed by atoms with E-state index in [0.717, 1.165) is 0 Å². The van der Waals surface area contributed by atoms with E-state index in [0.29, 0.717) is 5.88 Å². The van der Waals surface area contributed by atoms with E-state index in [-0.39, 0.29) is 11.9 Å². The SMILES string of the molecule is C=C(N[C@H](C(=O)C(C)(C)C)[C@@H](C)OC)OC. The highest BCUT2D eigenvalue weighted by atomic mass is 16.5. The molecule has 0 heterocycles. The van der Waals surface area contributed by atoms with Crippen LogP contribution in [0.1, 0.15) is 27.7 Å². The van der Waals surface area contributed by atoms with Crippen molar-refractivity contribution in [1.29, 1.82) is 0 Å². The van der Waals surface area contributed by atoms with Crippen LogP contribution in [0.3, 0.4) is 0 Å². The van der Waals surface area contributed by atoms with Crippen LogP contribution in [0.15, 0.2) is 12.5 Å². The molecule has 0 aliphatic rings. The number of nitrogens with one attached hydrogen (secondary N) is 1. The van der Waals surface area contributed by atoms with E-state index in [1.807, 2.05) is 27.7 Å². The smallest absolute Gasteiger partial charge is 0.179 e. The lowest BCUT2D eigenvalue weighted by Gasteiger charge is -2.29. The number of carbonyl (C=O) groups excluding carboxylic acids is 1. The molecule has 0 bridgehead atoms. The van der Waals surface area contributed by atoms with Crippen LogP contribution < -0.4 is 5.32 Å². The predicted octanol–water partition coefficient (Wildman–Crippen LogP) is 1.71. The number of hydrogen-bond donors (Lipinski definition) is 1. The van der Waals surface area contributed by atoms with Gasteiger partial charge in [0.05, 0.1) is 13.2 Å². The largest absolute Gasteiger partial charge is 0.483 e. The van der Waals surface area contributed by atoms with Crippen LogP contribution >= 0.6 is 0 Å². The van der Waals surface area contributed by atoms with Crippen LogP contribution in [0.5, 0.6) is 0 Å². The Kier molecular flexibility index (Phi) is 5.51. The van der Waals surface area contributed by atoms with Gasteiger partial charge < -0.3 is 14.8 Å². The predicted molar refractivity (Wildman–Crippen MR) is 64.0 cm³/mol. The molecule has 0 unspecified atom stereocenters. The van der Waals surface area contributed by atoms with E-state index >= 15 is 0 Å². The first-order valence-electron chi connectivity index (χ1n) is 5.30. The van der Waals surface area contributed by atoms with Gasteiger partial charge in [-0.25, -0.2) is 0 Å². The Morgan fingerprint density at radius 2 is 1.81 bits per heavy atom. The Morgan fingerprint density at radius 3 is 2.12 bits per heavy atom. The molecule has 94 valence electrons. The molecule has 4 heteroatoms. The van der Waals surface area contributed by atoms with Crippen LogP contribution in [0.4, 0.5) is 0 Å². The molecule has 0 aromatic heterocycles. The zero-order valence-corrected chi connectivity index (χ0v) is 11.1. The number of hydrogen-bond acceptors (Lipinski definition) is 4. The van der Waals surface area contributed by atoms with Crippen molar-refractivity contribution in [3.05, 3.63) is 12.5 Å². The normalized spacial score (nSPS) is 15.1. The van der Waals surface area contributed by atoms with Gasteiger partial charge in [0, 0.05) is 12.5 Å². The minimum atomic E-state index is -0.447. The first-order valence-corrected chi connectivity index (χ1v) is 5.30. The van der Waals surface area contributed by atoms with Crippen molar-refractivity contribution < 1.29 is 14.3 Å². The number of ketones is 1. The Hall–Kier alpha value is -1.03. The highest BCUT2D eigenvalue weighted by molar-refractivity contribution is 5.89. The summed E-state index contributed by atoms with van der Waals surface area (Å²) in [6, 6.07) is -0.447. The van der Waals surface area contributed by atoms with Crippen LogP contribution in [0.25, 0.3) is 0 Å². The van der Waals surface area contributed by atoms with Gasteiger partial charge in [-0.2, -0.15) is 0 Å². The summed E-state index contributed by atoms with van der Waals surface area (Å²) in [5.74, 6) is 0.437. The summed E-state index contributed by atoms with van der Waals surface area (Å²) in [5, 5.41) is 2.93. The van der Waals surface area contributed by atoms with Crippen molar-refractivity contribution in [3.63, 3.8) is 0 Å². The zero-order valence-electron chi connectivity index (χ0n) is 11.1. The van der Waals surface area contributed by atoms with Crippen LogP contribution in [-0.4, -0.2) is 32.1 Å². The minimum Gasteiger partial charge on any atom is -0.483 e. The summed E-state index contributed by atoms with van der Waals surface area (Å²) in [7, 11) is 3.08. The molecule has 0 saturated carbocycles. The number of methoxy groups -OCH3 is 2. The summed E-state index contributed by atoms with van der Waals surface area (Å²) < 4.78 is 10.1. The summed E-state index contributed by atoms with van der Waals surface area (Å²) in [6.45, 7) is 11.1. The number of ether oxygens (including phenoxy) is 2. The number of rotatable bonds is 6. The quantitative estimate of drug-likeness (QED) is 0.704. The van der Waals surface area contributed by atoms with Crippen molar-refractivity contribution >= 4 is 5.78 Å². The fraction of sp³-hybridized carbons (Fsp3) is 0.750. The Bertz CT molecular complexity index is 255. The topological polar surface area (TPSA) is 47.6 Å². The van der Waals surface area contributed by atoms with Crippen molar-refractivity contribution in [1.82, 2.24) is 5.32 Å². The number of carbonyl (C=O) groups is 1. The maximum atomic E-state index is 12.2. The van der Waals surface area contributed by atoms with E-state index in [4.69, 9.17) is 9.47 Å². The third-order valence-electron chi connectivity index (χ3n) is 2.43. The standard InChI is InChI=1S/C12H23NO3/c1-8(15-6)10(13-9(2)16-7)11(14)12(3,4)5/h8,10,13H,2H2,1,3-7H3/t8-,10+/m1/s1. The zero-order chi connectivity index (χ0) is 12.9. The molecule has 0 aromatic rings.